The van der Waals surface area contributed by atoms with Gasteiger partial charge < -0.3 is 19.8 Å². The third-order valence-corrected chi connectivity index (χ3v) is 5.44. The maximum atomic E-state index is 11.5. The van der Waals surface area contributed by atoms with Crippen LogP contribution in [0.4, 0.5) is 5.69 Å². The highest BCUT2D eigenvalue weighted by atomic mass is 32.2. The lowest BCUT2D eigenvalue weighted by molar-refractivity contribution is 0.242. The van der Waals surface area contributed by atoms with Crippen molar-refractivity contribution in [1.82, 2.24) is 10.0 Å². The maximum Gasteiger partial charge on any atom is 0.211 e. The Morgan fingerprint density at radius 3 is 2.57 bits per heavy atom. The van der Waals surface area contributed by atoms with Gasteiger partial charge in [-0.1, -0.05) is 0 Å². The Hall–Kier alpha value is -2.52. The SMILES string of the molecule is CCS(=O)(=O)NCCCN=C(NCCc1ccco1)Nc1ccc(OC(C)C)cc1. The number of hydrogen-bond acceptors (Lipinski definition) is 5. The molecule has 2 aromatic rings. The lowest BCUT2D eigenvalue weighted by Gasteiger charge is -2.14. The van der Waals surface area contributed by atoms with Crippen molar-refractivity contribution >= 4 is 21.7 Å². The number of rotatable bonds is 12. The molecular weight excluding hydrogens is 404 g/mol. The second kappa shape index (κ2) is 12.2. The minimum absolute atomic E-state index is 0.0773. The van der Waals surface area contributed by atoms with Crippen LogP contribution in [0.5, 0.6) is 5.75 Å². The molecule has 1 aromatic carbocycles. The fourth-order valence-electron chi connectivity index (χ4n) is 2.52. The molecule has 0 unspecified atom stereocenters. The molecule has 3 N–H and O–H groups in total. The summed E-state index contributed by atoms with van der Waals surface area (Å²) in [5, 5.41) is 6.55. The van der Waals surface area contributed by atoms with Crippen molar-refractivity contribution in [2.75, 3.05) is 30.7 Å². The molecule has 0 aliphatic heterocycles. The first-order valence-corrected chi connectivity index (χ1v) is 11.8. The zero-order valence-electron chi connectivity index (χ0n) is 17.8. The fraction of sp³-hybridized carbons (Fsp3) is 0.476. The van der Waals surface area contributed by atoms with E-state index < -0.39 is 10.0 Å². The standard InChI is InChI=1S/C21H32N4O4S/c1-4-30(26,27)24-14-6-13-22-21(23-15-12-19-7-5-16-28-19)25-18-8-10-20(11-9-18)29-17(2)3/h5,7-11,16-17,24H,4,6,12-15H2,1-3H3,(H2,22,23,25). The van der Waals surface area contributed by atoms with Crippen molar-refractivity contribution in [3.05, 3.63) is 48.4 Å². The summed E-state index contributed by atoms with van der Waals surface area (Å²) < 4.78 is 36.6. The number of aliphatic imine (C=N–C) groups is 1. The highest BCUT2D eigenvalue weighted by Gasteiger charge is 2.05. The van der Waals surface area contributed by atoms with Gasteiger partial charge in [-0.25, -0.2) is 13.1 Å². The van der Waals surface area contributed by atoms with E-state index in [9.17, 15) is 8.42 Å². The Labute approximate surface area is 179 Å². The average molecular weight is 437 g/mol. The number of guanidine groups is 1. The van der Waals surface area contributed by atoms with Crippen LogP contribution in [0.1, 0.15) is 33.0 Å². The maximum absolute atomic E-state index is 11.5. The molecule has 0 bridgehead atoms. The summed E-state index contributed by atoms with van der Waals surface area (Å²) in [6.45, 7) is 7.08. The highest BCUT2D eigenvalue weighted by Crippen LogP contribution is 2.16. The van der Waals surface area contributed by atoms with Gasteiger partial charge in [0.1, 0.15) is 11.5 Å². The molecule has 166 valence electrons. The van der Waals surface area contributed by atoms with Crippen molar-refractivity contribution in [1.29, 1.82) is 0 Å². The van der Waals surface area contributed by atoms with Crippen LogP contribution in [0.3, 0.4) is 0 Å². The van der Waals surface area contributed by atoms with Gasteiger partial charge in [0, 0.05) is 31.7 Å². The molecule has 0 aliphatic carbocycles. The van der Waals surface area contributed by atoms with Crippen LogP contribution in [0.15, 0.2) is 52.1 Å². The Kier molecular flexibility index (Phi) is 9.69. The Morgan fingerprint density at radius 1 is 1.17 bits per heavy atom. The minimum Gasteiger partial charge on any atom is -0.491 e. The number of sulfonamides is 1. The molecule has 0 atom stereocenters. The Bertz CT molecular complexity index is 863. The quantitative estimate of drug-likeness (QED) is 0.268. The third-order valence-electron chi connectivity index (χ3n) is 4.04. The number of hydrogen-bond donors (Lipinski definition) is 3. The minimum atomic E-state index is -3.17. The molecule has 8 nitrogen and oxygen atoms in total. The second-order valence-electron chi connectivity index (χ2n) is 6.95. The van der Waals surface area contributed by atoms with Gasteiger partial charge in [-0.2, -0.15) is 0 Å². The van der Waals surface area contributed by atoms with Crippen molar-refractivity contribution < 1.29 is 17.6 Å². The van der Waals surface area contributed by atoms with E-state index in [1.807, 2.05) is 50.2 Å². The lowest BCUT2D eigenvalue weighted by atomic mass is 10.3. The first-order chi connectivity index (χ1) is 14.4. The molecule has 0 radical (unpaired) electrons. The van der Waals surface area contributed by atoms with Gasteiger partial charge in [0.25, 0.3) is 0 Å². The predicted octanol–water partition coefficient (Wildman–Crippen LogP) is 3.00. The van der Waals surface area contributed by atoms with Gasteiger partial charge in [0.15, 0.2) is 5.96 Å². The molecule has 30 heavy (non-hydrogen) atoms. The van der Waals surface area contributed by atoms with Crippen LogP contribution in [0.2, 0.25) is 0 Å². The fourth-order valence-corrected chi connectivity index (χ4v) is 3.18. The van der Waals surface area contributed by atoms with Crippen molar-refractivity contribution in [3.8, 4) is 5.75 Å². The van der Waals surface area contributed by atoms with Crippen molar-refractivity contribution in [2.45, 2.75) is 39.7 Å². The summed E-state index contributed by atoms with van der Waals surface area (Å²) in [5.74, 6) is 2.40. The molecule has 1 heterocycles. The average Bonchev–Trinajstić information content (AvgIpc) is 3.22. The van der Waals surface area contributed by atoms with Gasteiger partial charge in [-0.15, -0.1) is 0 Å². The van der Waals surface area contributed by atoms with Crippen LogP contribution in [-0.2, 0) is 16.4 Å². The van der Waals surface area contributed by atoms with Crippen LogP contribution in [-0.4, -0.2) is 45.9 Å². The molecule has 2 rings (SSSR count). The van der Waals surface area contributed by atoms with Gasteiger partial charge in [0.2, 0.25) is 10.0 Å². The van der Waals surface area contributed by atoms with E-state index in [0.29, 0.717) is 32.0 Å². The molecular formula is C21H32N4O4S. The van der Waals surface area contributed by atoms with Crippen LogP contribution in [0, 0.1) is 0 Å². The summed E-state index contributed by atoms with van der Waals surface area (Å²) >= 11 is 0. The summed E-state index contributed by atoms with van der Waals surface area (Å²) in [6.07, 6.45) is 3.10. The monoisotopic (exact) mass is 436 g/mol. The number of benzene rings is 1. The van der Waals surface area contributed by atoms with Gasteiger partial charge in [-0.05, 0) is 63.6 Å². The summed E-state index contributed by atoms with van der Waals surface area (Å²) in [7, 11) is -3.17. The van der Waals surface area contributed by atoms with E-state index in [1.165, 1.54) is 0 Å². The number of anilines is 1. The third kappa shape index (κ3) is 9.32. The zero-order chi connectivity index (χ0) is 21.8. The van der Waals surface area contributed by atoms with Crippen molar-refractivity contribution in [3.63, 3.8) is 0 Å². The zero-order valence-corrected chi connectivity index (χ0v) is 18.7. The van der Waals surface area contributed by atoms with Crippen molar-refractivity contribution in [2.24, 2.45) is 4.99 Å². The van der Waals surface area contributed by atoms with Crippen LogP contribution in [0.25, 0.3) is 0 Å². The Balaban J connectivity index is 1.91. The normalized spacial score (nSPS) is 12.2. The number of nitrogens with zero attached hydrogens (tertiary/aromatic N) is 1. The van der Waals surface area contributed by atoms with E-state index in [2.05, 4.69) is 20.3 Å². The van der Waals surface area contributed by atoms with E-state index >= 15 is 0 Å². The summed E-state index contributed by atoms with van der Waals surface area (Å²) in [5.41, 5.74) is 0.877. The van der Waals surface area contributed by atoms with Gasteiger partial charge in [0.05, 0.1) is 18.1 Å². The highest BCUT2D eigenvalue weighted by molar-refractivity contribution is 7.89. The molecule has 0 aliphatic rings. The van der Waals surface area contributed by atoms with Crippen LogP contribution < -0.4 is 20.1 Å². The molecule has 9 heteroatoms. The molecule has 0 spiro atoms. The van der Waals surface area contributed by atoms with E-state index in [0.717, 1.165) is 23.6 Å². The number of ether oxygens (including phenoxy) is 1. The van der Waals surface area contributed by atoms with E-state index in [4.69, 9.17) is 9.15 Å². The topological polar surface area (TPSA) is 105 Å². The van der Waals surface area contributed by atoms with Gasteiger partial charge in [-0.3, -0.25) is 4.99 Å². The first kappa shape index (κ1) is 23.8. The molecule has 1 aromatic heterocycles. The number of furan rings is 1. The molecule has 0 amide bonds. The second-order valence-corrected chi connectivity index (χ2v) is 9.05. The predicted molar refractivity (Wildman–Crippen MR) is 121 cm³/mol. The molecule has 0 fully saturated rings. The molecule has 0 saturated heterocycles. The Morgan fingerprint density at radius 2 is 1.93 bits per heavy atom. The van der Waals surface area contributed by atoms with E-state index in [-0.39, 0.29) is 11.9 Å². The number of nitrogens with one attached hydrogen (secondary N) is 3. The smallest absolute Gasteiger partial charge is 0.211 e. The molecule has 0 saturated carbocycles. The summed E-state index contributed by atoms with van der Waals surface area (Å²) in [4.78, 5) is 4.55. The van der Waals surface area contributed by atoms with Gasteiger partial charge >= 0.3 is 0 Å². The lowest BCUT2D eigenvalue weighted by Crippen LogP contribution is -2.33. The summed E-state index contributed by atoms with van der Waals surface area (Å²) in [6, 6.07) is 11.5. The first-order valence-electron chi connectivity index (χ1n) is 10.2. The van der Waals surface area contributed by atoms with Crippen LogP contribution >= 0.6 is 0 Å². The largest absolute Gasteiger partial charge is 0.491 e. The van der Waals surface area contributed by atoms with E-state index in [1.54, 1.807) is 13.2 Å².